The molecule has 4 rings (SSSR count). The lowest BCUT2D eigenvalue weighted by Crippen LogP contribution is -1.92. The first-order valence-corrected chi connectivity index (χ1v) is 10.8. The summed E-state index contributed by atoms with van der Waals surface area (Å²) >= 11 is 8.91. The molecule has 8 heteroatoms. The summed E-state index contributed by atoms with van der Waals surface area (Å²) in [6, 6.07) is 14.6. The molecule has 0 saturated heterocycles. The maximum Gasteiger partial charge on any atom is 0.128 e. The Kier molecular flexibility index (Phi) is 5.89. The Labute approximate surface area is 179 Å². The van der Waals surface area contributed by atoms with Gasteiger partial charge in [0, 0.05) is 21.9 Å². The molecule has 0 radical (unpaired) electrons. The Morgan fingerprint density at radius 1 is 1.00 bits per heavy atom. The molecule has 4 aromatic rings. The van der Waals surface area contributed by atoms with Gasteiger partial charge in [-0.3, -0.25) is 0 Å². The van der Waals surface area contributed by atoms with Gasteiger partial charge in [-0.15, -0.1) is 21.5 Å². The van der Waals surface area contributed by atoms with E-state index in [2.05, 4.69) is 15.2 Å². The molecule has 0 amide bonds. The number of benzene rings is 2. The lowest BCUT2D eigenvalue weighted by atomic mass is 10.2. The van der Waals surface area contributed by atoms with E-state index < -0.39 is 0 Å². The van der Waals surface area contributed by atoms with E-state index in [0.717, 1.165) is 21.1 Å². The molecule has 0 spiro atoms. The van der Waals surface area contributed by atoms with Crippen LogP contribution in [0.5, 0.6) is 0 Å². The highest BCUT2D eigenvalue weighted by Crippen LogP contribution is 2.35. The van der Waals surface area contributed by atoms with Crippen LogP contribution >= 0.6 is 34.7 Å². The summed E-state index contributed by atoms with van der Waals surface area (Å²) in [7, 11) is 0. The van der Waals surface area contributed by atoms with Crippen molar-refractivity contribution in [2.45, 2.75) is 17.7 Å². The van der Waals surface area contributed by atoms with Crippen molar-refractivity contribution in [3.8, 4) is 21.1 Å². The van der Waals surface area contributed by atoms with Gasteiger partial charge in [0.15, 0.2) is 0 Å². The summed E-state index contributed by atoms with van der Waals surface area (Å²) in [6.07, 6.45) is 0. The quantitative estimate of drug-likeness (QED) is 0.317. The van der Waals surface area contributed by atoms with Gasteiger partial charge in [0.2, 0.25) is 0 Å². The van der Waals surface area contributed by atoms with Crippen molar-refractivity contribution in [1.29, 1.82) is 0 Å². The predicted octanol–water partition coefficient (Wildman–Crippen LogP) is 6.80. The minimum absolute atomic E-state index is 0.280. The fraction of sp³-hybridized carbons (Fsp3) is 0.0952. The number of nitrogens with zero attached hydrogens (tertiary/aromatic N) is 3. The smallest absolute Gasteiger partial charge is 0.128 e. The maximum absolute atomic E-state index is 13.9. The topological polar surface area (TPSA) is 38.7 Å². The van der Waals surface area contributed by atoms with Gasteiger partial charge in [0.25, 0.3) is 0 Å². The third kappa shape index (κ3) is 4.47. The molecule has 0 bridgehead atoms. The highest BCUT2D eigenvalue weighted by Gasteiger charge is 2.14. The molecule has 0 aliphatic heterocycles. The van der Waals surface area contributed by atoms with Crippen LogP contribution in [0.3, 0.4) is 0 Å². The zero-order valence-corrected chi connectivity index (χ0v) is 17.6. The first-order valence-electron chi connectivity index (χ1n) is 8.64. The van der Waals surface area contributed by atoms with Gasteiger partial charge >= 0.3 is 0 Å². The van der Waals surface area contributed by atoms with E-state index in [1.54, 1.807) is 24.3 Å². The molecule has 2 heterocycles. The minimum Gasteiger partial charge on any atom is -0.241 e. The van der Waals surface area contributed by atoms with Crippen LogP contribution < -0.4 is 0 Å². The molecule has 0 unspecified atom stereocenters. The van der Waals surface area contributed by atoms with Crippen molar-refractivity contribution in [1.82, 2.24) is 15.2 Å². The highest BCUT2D eigenvalue weighted by molar-refractivity contribution is 7.98. The number of thiazole rings is 1. The van der Waals surface area contributed by atoms with E-state index in [-0.39, 0.29) is 11.6 Å². The molecule has 2 aromatic carbocycles. The summed E-state index contributed by atoms with van der Waals surface area (Å²) in [4.78, 5) is 5.48. The van der Waals surface area contributed by atoms with Crippen LogP contribution in [0.4, 0.5) is 8.78 Å². The number of aromatic nitrogens is 3. The zero-order chi connectivity index (χ0) is 20.4. The van der Waals surface area contributed by atoms with Gasteiger partial charge in [-0.2, -0.15) is 0 Å². The molecule has 146 valence electrons. The lowest BCUT2D eigenvalue weighted by Gasteiger charge is -2.05. The van der Waals surface area contributed by atoms with E-state index in [9.17, 15) is 8.78 Å². The van der Waals surface area contributed by atoms with E-state index in [1.165, 1.54) is 41.3 Å². The Balaban J connectivity index is 1.51. The molecule has 3 nitrogen and oxygen atoms in total. The molecule has 0 N–H and O–H groups in total. The zero-order valence-electron chi connectivity index (χ0n) is 15.2. The van der Waals surface area contributed by atoms with Crippen LogP contribution in [0.1, 0.15) is 11.3 Å². The standard InChI is InChI=1S/C21H14ClF2N3S2/c1-12-20(29-21(25-12)13-5-7-14(23)8-6-13)18-9-10-19(27-26-18)28-11-15-16(22)3-2-4-17(15)24/h2-10H,11H2,1H3. The average Bonchev–Trinajstić information content (AvgIpc) is 3.10. The van der Waals surface area contributed by atoms with Crippen LogP contribution in [0, 0.1) is 18.6 Å². The lowest BCUT2D eigenvalue weighted by molar-refractivity contribution is 0.617. The minimum atomic E-state index is -0.330. The van der Waals surface area contributed by atoms with Crippen molar-refractivity contribution < 1.29 is 8.78 Å². The van der Waals surface area contributed by atoms with Crippen molar-refractivity contribution >= 4 is 34.7 Å². The van der Waals surface area contributed by atoms with E-state index >= 15 is 0 Å². The number of hydrogen-bond acceptors (Lipinski definition) is 5. The van der Waals surface area contributed by atoms with E-state index in [1.807, 2.05) is 19.1 Å². The summed E-state index contributed by atoms with van der Waals surface area (Å²) in [5, 5.41) is 10.4. The number of thioether (sulfide) groups is 1. The van der Waals surface area contributed by atoms with Gasteiger partial charge < -0.3 is 0 Å². The molecule has 29 heavy (non-hydrogen) atoms. The van der Waals surface area contributed by atoms with Crippen LogP contribution in [-0.2, 0) is 5.75 Å². The Morgan fingerprint density at radius 3 is 2.48 bits per heavy atom. The third-order valence-corrected chi connectivity index (χ3v) is 6.72. The molecular weight excluding hydrogens is 432 g/mol. The summed E-state index contributed by atoms with van der Waals surface area (Å²) in [5.74, 6) is -0.241. The van der Waals surface area contributed by atoms with Gasteiger partial charge in [-0.05, 0) is 55.5 Å². The Bertz CT molecular complexity index is 1130. The van der Waals surface area contributed by atoms with Crippen molar-refractivity contribution in [3.63, 3.8) is 0 Å². The second-order valence-corrected chi connectivity index (χ2v) is 8.59. The second-order valence-electron chi connectivity index (χ2n) is 6.19. The fourth-order valence-corrected chi connectivity index (χ4v) is 4.88. The van der Waals surface area contributed by atoms with Crippen molar-refractivity contribution in [3.05, 3.63) is 82.5 Å². The van der Waals surface area contributed by atoms with Crippen LogP contribution in [0.25, 0.3) is 21.1 Å². The van der Waals surface area contributed by atoms with Crippen LogP contribution in [0.2, 0.25) is 5.02 Å². The monoisotopic (exact) mass is 445 g/mol. The highest BCUT2D eigenvalue weighted by atomic mass is 35.5. The number of hydrogen-bond donors (Lipinski definition) is 0. The Morgan fingerprint density at radius 2 is 1.79 bits per heavy atom. The van der Waals surface area contributed by atoms with Gasteiger partial charge in [-0.25, -0.2) is 13.8 Å². The molecular formula is C21H14ClF2N3S2. The molecule has 0 fully saturated rings. The fourth-order valence-electron chi connectivity index (χ4n) is 2.68. The normalized spacial score (nSPS) is 11.0. The molecule has 0 aliphatic carbocycles. The second kappa shape index (κ2) is 8.57. The van der Waals surface area contributed by atoms with E-state index in [0.29, 0.717) is 27.1 Å². The van der Waals surface area contributed by atoms with Gasteiger partial charge in [-0.1, -0.05) is 29.4 Å². The average molecular weight is 446 g/mol. The summed E-state index contributed by atoms with van der Waals surface area (Å²) in [5.41, 5.74) is 2.85. The van der Waals surface area contributed by atoms with Crippen LogP contribution in [-0.4, -0.2) is 15.2 Å². The van der Waals surface area contributed by atoms with Gasteiger partial charge in [0.1, 0.15) is 27.4 Å². The number of halogens is 3. The first kappa shape index (κ1) is 19.9. The predicted molar refractivity (Wildman–Crippen MR) is 114 cm³/mol. The molecule has 0 aliphatic rings. The number of aryl methyl sites for hydroxylation is 1. The molecule has 0 atom stereocenters. The van der Waals surface area contributed by atoms with Crippen LogP contribution in [0.15, 0.2) is 59.6 Å². The van der Waals surface area contributed by atoms with Gasteiger partial charge in [0.05, 0.1) is 10.6 Å². The molecule has 2 aromatic heterocycles. The summed E-state index contributed by atoms with van der Waals surface area (Å²) < 4.78 is 27.0. The van der Waals surface area contributed by atoms with E-state index in [4.69, 9.17) is 11.6 Å². The van der Waals surface area contributed by atoms with Crippen molar-refractivity contribution in [2.24, 2.45) is 0 Å². The SMILES string of the molecule is Cc1nc(-c2ccc(F)cc2)sc1-c1ccc(SCc2c(F)cccc2Cl)nn1. The largest absolute Gasteiger partial charge is 0.241 e. The maximum atomic E-state index is 13.9. The molecule has 0 saturated carbocycles. The number of rotatable bonds is 5. The summed E-state index contributed by atoms with van der Waals surface area (Å²) in [6.45, 7) is 1.91. The third-order valence-electron chi connectivity index (χ3n) is 4.19. The first-order chi connectivity index (χ1) is 14.0. The Hall–Kier alpha value is -2.35. The van der Waals surface area contributed by atoms with Crippen molar-refractivity contribution in [2.75, 3.05) is 0 Å².